The Morgan fingerprint density at radius 3 is 2.28 bits per heavy atom. The van der Waals surface area contributed by atoms with Crippen molar-refractivity contribution in [3.8, 4) is 0 Å². The summed E-state index contributed by atoms with van der Waals surface area (Å²) in [5.74, 6) is -0.520. The second-order valence-corrected chi connectivity index (χ2v) is 7.73. The van der Waals surface area contributed by atoms with Crippen molar-refractivity contribution >= 4 is 29.3 Å². The second-order valence-electron chi connectivity index (χ2n) is 7.16. The van der Waals surface area contributed by atoms with Crippen LogP contribution in [0.3, 0.4) is 0 Å². The summed E-state index contributed by atoms with van der Waals surface area (Å²) >= 11 is 6.84. The van der Waals surface area contributed by atoms with Crippen molar-refractivity contribution in [2.75, 3.05) is 4.90 Å². The summed E-state index contributed by atoms with van der Waals surface area (Å²) < 4.78 is 5.40. The number of fused-ring (bicyclic) bond motifs is 1. The van der Waals surface area contributed by atoms with Crippen LogP contribution in [0.25, 0.3) is 0 Å². The van der Waals surface area contributed by atoms with Gasteiger partial charge in [-0.15, -0.1) is 0 Å². The Kier molecular flexibility index (Phi) is 4.12. The van der Waals surface area contributed by atoms with Crippen LogP contribution in [0, 0.1) is 6.92 Å². The lowest BCUT2D eigenvalue weighted by Gasteiger charge is -2.25. The standard InChI is InChI=1S/C20H20ClNO3/c1-13-9-11-14(12-10-13)20(21)15-7-5-6-8-16(15)22(17(20)23)18(24)25-19(2,3)4/h5-12H,1-4H3. The summed E-state index contributed by atoms with van der Waals surface area (Å²) in [5.41, 5.74) is 2.01. The highest BCUT2D eigenvalue weighted by Gasteiger charge is 2.54. The number of alkyl halides is 1. The molecule has 5 heteroatoms. The van der Waals surface area contributed by atoms with E-state index in [0.717, 1.165) is 10.5 Å². The van der Waals surface area contributed by atoms with Crippen LogP contribution < -0.4 is 4.90 Å². The lowest BCUT2D eigenvalue weighted by molar-refractivity contribution is -0.119. The molecule has 0 saturated carbocycles. The summed E-state index contributed by atoms with van der Waals surface area (Å²) in [7, 11) is 0. The lowest BCUT2D eigenvalue weighted by Crippen LogP contribution is -2.43. The fraction of sp³-hybridized carbons (Fsp3) is 0.300. The van der Waals surface area contributed by atoms with Gasteiger partial charge in [0, 0.05) is 5.56 Å². The summed E-state index contributed by atoms with van der Waals surface area (Å²) in [6.07, 6.45) is -0.723. The van der Waals surface area contributed by atoms with Crippen molar-refractivity contribution in [3.05, 3.63) is 65.2 Å². The molecule has 0 fully saturated rings. The third-order valence-corrected chi connectivity index (χ3v) is 4.62. The molecule has 130 valence electrons. The zero-order chi connectivity index (χ0) is 18.4. The maximum atomic E-state index is 13.2. The molecule has 25 heavy (non-hydrogen) atoms. The molecule has 0 aromatic heterocycles. The van der Waals surface area contributed by atoms with Gasteiger partial charge in [0.25, 0.3) is 5.91 Å². The SMILES string of the molecule is Cc1ccc(C2(Cl)C(=O)N(C(=O)OC(C)(C)C)c3ccccc32)cc1. The summed E-state index contributed by atoms with van der Waals surface area (Å²) in [4.78, 5) is 25.4. The van der Waals surface area contributed by atoms with Gasteiger partial charge in [0.1, 0.15) is 5.60 Å². The molecular weight excluding hydrogens is 338 g/mol. The molecule has 0 N–H and O–H groups in total. The minimum atomic E-state index is -1.44. The number of benzene rings is 2. The van der Waals surface area contributed by atoms with E-state index in [9.17, 15) is 9.59 Å². The monoisotopic (exact) mass is 357 g/mol. The van der Waals surface area contributed by atoms with Gasteiger partial charge in [0.2, 0.25) is 0 Å². The van der Waals surface area contributed by atoms with Gasteiger partial charge in [-0.3, -0.25) is 4.79 Å². The first-order valence-electron chi connectivity index (χ1n) is 8.08. The fourth-order valence-electron chi connectivity index (χ4n) is 2.89. The molecule has 1 aliphatic rings. The molecule has 3 rings (SSSR count). The van der Waals surface area contributed by atoms with E-state index in [2.05, 4.69) is 0 Å². The Hall–Kier alpha value is -2.33. The van der Waals surface area contributed by atoms with Gasteiger partial charge in [0.15, 0.2) is 4.87 Å². The minimum absolute atomic E-state index is 0.456. The smallest absolute Gasteiger partial charge is 0.421 e. The third-order valence-electron chi connectivity index (χ3n) is 4.04. The molecular formula is C20H20ClNO3. The second kappa shape index (κ2) is 5.88. The first-order chi connectivity index (χ1) is 11.6. The molecule has 4 nitrogen and oxygen atoms in total. The zero-order valence-electron chi connectivity index (χ0n) is 14.7. The number of ether oxygens (including phenoxy) is 1. The van der Waals surface area contributed by atoms with Gasteiger partial charge in [-0.2, -0.15) is 0 Å². The van der Waals surface area contributed by atoms with Crippen molar-refractivity contribution in [1.82, 2.24) is 0 Å². The van der Waals surface area contributed by atoms with Gasteiger partial charge < -0.3 is 4.74 Å². The van der Waals surface area contributed by atoms with E-state index in [1.807, 2.05) is 31.2 Å². The van der Waals surface area contributed by atoms with E-state index in [0.29, 0.717) is 16.8 Å². The van der Waals surface area contributed by atoms with Crippen molar-refractivity contribution in [2.24, 2.45) is 0 Å². The predicted octanol–water partition coefficient (Wildman–Crippen LogP) is 4.76. The molecule has 2 aromatic rings. The van der Waals surface area contributed by atoms with Crippen LogP contribution in [-0.4, -0.2) is 17.6 Å². The Bertz CT molecular complexity index is 839. The third kappa shape index (κ3) is 2.91. The largest absolute Gasteiger partial charge is 0.443 e. The molecule has 1 aliphatic heterocycles. The quantitative estimate of drug-likeness (QED) is 0.691. The van der Waals surface area contributed by atoms with E-state index >= 15 is 0 Å². The fourth-order valence-corrected chi connectivity index (χ4v) is 3.26. The summed E-state index contributed by atoms with van der Waals surface area (Å²) in [5, 5.41) is 0. The Morgan fingerprint density at radius 1 is 1.08 bits per heavy atom. The first-order valence-corrected chi connectivity index (χ1v) is 8.45. The molecule has 1 heterocycles. The van der Waals surface area contributed by atoms with Crippen LogP contribution in [0.15, 0.2) is 48.5 Å². The van der Waals surface area contributed by atoms with E-state index in [1.54, 1.807) is 45.0 Å². The number of hydrogen-bond acceptors (Lipinski definition) is 3. The van der Waals surface area contributed by atoms with Gasteiger partial charge in [0.05, 0.1) is 5.69 Å². The van der Waals surface area contributed by atoms with Crippen molar-refractivity contribution in [2.45, 2.75) is 38.2 Å². The van der Waals surface area contributed by atoms with Crippen LogP contribution >= 0.6 is 11.6 Å². The van der Waals surface area contributed by atoms with Crippen LogP contribution in [0.2, 0.25) is 0 Å². The predicted molar refractivity (Wildman–Crippen MR) is 98.0 cm³/mol. The lowest BCUT2D eigenvalue weighted by atomic mass is 9.91. The number of nitrogens with zero attached hydrogens (tertiary/aromatic N) is 1. The molecule has 1 unspecified atom stereocenters. The average Bonchev–Trinajstić information content (AvgIpc) is 2.76. The number of carbonyl (C=O) groups excluding carboxylic acids is 2. The highest BCUT2D eigenvalue weighted by Crippen LogP contribution is 2.49. The van der Waals surface area contributed by atoms with E-state index < -0.39 is 22.5 Å². The Balaban J connectivity index is 2.12. The van der Waals surface area contributed by atoms with E-state index in [4.69, 9.17) is 16.3 Å². The van der Waals surface area contributed by atoms with Gasteiger partial charge in [-0.05, 0) is 39.3 Å². The van der Waals surface area contributed by atoms with Crippen LogP contribution in [-0.2, 0) is 14.4 Å². The number of aryl methyl sites for hydroxylation is 1. The maximum absolute atomic E-state index is 13.2. The molecule has 0 spiro atoms. The first kappa shape index (κ1) is 17.5. The molecule has 2 amide bonds. The van der Waals surface area contributed by atoms with Gasteiger partial charge >= 0.3 is 6.09 Å². The molecule has 1 atom stereocenters. The number of anilines is 1. The number of amides is 2. The summed E-state index contributed by atoms with van der Waals surface area (Å²) in [6.45, 7) is 7.23. The van der Waals surface area contributed by atoms with Gasteiger partial charge in [-0.1, -0.05) is 59.6 Å². The molecule has 0 bridgehead atoms. The Morgan fingerprint density at radius 2 is 1.68 bits per heavy atom. The Labute approximate surface area is 152 Å². The highest BCUT2D eigenvalue weighted by molar-refractivity contribution is 6.44. The number of halogens is 1. The normalized spacial score (nSPS) is 19.7. The van der Waals surface area contributed by atoms with Gasteiger partial charge in [-0.25, -0.2) is 9.69 Å². The minimum Gasteiger partial charge on any atom is -0.443 e. The maximum Gasteiger partial charge on any atom is 0.421 e. The molecule has 0 aliphatic carbocycles. The number of para-hydroxylation sites is 1. The van der Waals surface area contributed by atoms with Crippen LogP contribution in [0.4, 0.5) is 10.5 Å². The summed E-state index contributed by atoms with van der Waals surface area (Å²) in [6, 6.07) is 14.5. The molecule has 0 saturated heterocycles. The molecule has 0 radical (unpaired) electrons. The number of carbonyl (C=O) groups is 2. The van der Waals surface area contributed by atoms with Crippen LogP contribution in [0.5, 0.6) is 0 Å². The van der Waals surface area contributed by atoms with E-state index in [-0.39, 0.29) is 0 Å². The number of hydrogen-bond donors (Lipinski definition) is 0. The van der Waals surface area contributed by atoms with Crippen molar-refractivity contribution in [1.29, 1.82) is 0 Å². The van der Waals surface area contributed by atoms with Crippen molar-refractivity contribution in [3.63, 3.8) is 0 Å². The molecule has 2 aromatic carbocycles. The number of imide groups is 1. The average molecular weight is 358 g/mol. The zero-order valence-corrected chi connectivity index (χ0v) is 15.4. The van der Waals surface area contributed by atoms with Crippen molar-refractivity contribution < 1.29 is 14.3 Å². The van der Waals surface area contributed by atoms with E-state index in [1.165, 1.54) is 0 Å². The highest BCUT2D eigenvalue weighted by atomic mass is 35.5. The van der Waals surface area contributed by atoms with Crippen LogP contribution in [0.1, 0.15) is 37.5 Å². The number of rotatable bonds is 1. The topological polar surface area (TPSA) is 46.6 Å².